The minimum absolute atomic E-state index is 0.276. The summed E-state index contributed by atoms with van der Waals surface area (Å²) in [4.78, 5) is 3.76. The zero-order valence-corrected chi connectivity index (χ0v) is 9.82. The number of pyridine rings is 1. The largest absolute Gasteiger partial charge is 0.489 e. The van der Waals surface area contributed by atoms with Gasteiger partial charge in [-0.3, -0.25) is 4.98 Å². The van der Waals surface area contributed by atoms with Gasteiger partial charge in [0, 0.05) is 17.3 Å². The quantitative estimate of drug-likeness (QED) is 0.776. The van der Waals surface area contributed by atoms with Crippen LogP contribution in [0, 0.1) is 5.82 Å². The first-order chi connectivity index (χ1) is 8.29. The van der Waals surface area contributed by atoms with Crippen LogP contribution in [0.25, 0.3) is 0 Å². The molecule has 0 saturated carbocycles. The molecule has 0 N–H and O–H groups in total. The van der Waals surface area contributed by atoms with Gasteiger partial charge in [0.25, 0.3) is 0 Å². The number of benzene rings is 1. The number of alkyl halides is 1. The molecule has 0 aliphatic carbocycles. The van der Waals surface area contributed by atoms with Crippen molar-refractivity contribution in [3.63, 3.8) is 0 Å². The Hall–Kier alpha value is -1.61. The molecule has 0 amide bonds. The Bertz CT molecular complexity index is 504. The van der Waals surface area contributed by atoms with Crippen molar-refractivity contribution in [3.8, 4) is 5.75 Å². The number of aromatic nitrogens is 1. The van der Waals surface area contributed by atoms with Gasteiger partial charge in [0.2, 0.25) is 0 Å². The number of ether oxygens (including phenoxy) is 1. The van der Waals surface area contributed by atoms with E-state index in [1.807, 2.05) is 24.3 Å². The van der Waals surface area contributed by atoms with Crippen LogP contribution in [0.2, 0.25) is 0 Å². The van der Waals surface area contributed by atoms with Crippen LogP contribution in [-0.2, 0) is 12.5 Å². The van der Waals surface area contributed by atoms with E-state index in [1.165, 1.54) is 6.07 Å². The predicted octanol–water partition coefficient (Wildman–Crippen LogP) is 3.54. The summed E-state index contributed by atoms with van der Waals surface area (Å²) in [6.45, 7) is 0.276. The molecule has 2 aromatic rings. The average molecular weight is 252 g/mol. The third-order valence-electron chi connectivity index (χ3n) is 2.27. The molecule has 2 nitrogen and oxygen atoms in total. The molecule has 1 aromatic carbocycles. The van der Waals surface area contributed by atoms with Crippen molar-refractivity contribution in [3.05, 3.63) is 59.7 Å². The fourth-order valence-corrected chi connectivity index (χ4v) is 1.67. The SMILES string of the molecule is Fc1cncc(COc2ccccc2CCl)c1. The molecule has 0 radical (unpaired) electrons. The van der Waals surface area contributed by atoms with Crippen molar-refractivity contribution in [2.45, 2.75) is 12.5 Å². The lowest BCUT2D eigenvalue weighted by atomic mass is 10.2. The van der Waals surface area contributed by atoms with Gasteiger partial charge in [-0.15, -0.1) is 11.6 Å². The van der Waals surface area contributed by atoms with E-state index in [0.717, 1.165) is 11.8 Å². The molecule has 0 saturated heterocycles. The van der Waals surface area contributed by atoms with Gasteiger partial charge in [-0.05, 0) is 12.1 Å². The molecule has 0 unspecified atom stereocenters. The fraction of sp³-hybridized carbons (Fsp3) is 0.154. The summed E-state index contributed by atoms with van der Waals surface area (Å²) in [6, 6.07) is 8.90. The van der Waals surface area contributed by atoms with E-state index < -0.39 is 0 Å². The molecule has 1 aromatic heterocycles. The van der Waals surface area contributed by atoms with Gasteiger partial charge in [-0.25, -0.2) is 4.39 Å². The van der Waals surface area contributed by atoms with Crippen molar-refractivity contribution in [1.29, 1.82) is 0 Å². The van der Waals surface area contributed by atoms with Gasteiger partial charge in [-0.2, -0.15) is 0 Å². The lowest BCUT2D eigenvalue weighted by molar-refractivity contribution is 0.302. The normalized spacial score (nSPS) is 10.2. The van der Waals surface area contributed by atoms with Crippen molar-refractivity contribution in [2.24, 2.45) is 0 Å². The molecular formula is C13H11ClFNO. The summed E-state index contributed by atoms with van der Waals surface area (Å²) in [5, 5.41) is 0. The van der Waals surface area contributed by atoms with Crippen LogP contribution in [0.3, 0.4) is 0 Å². The highest BCUT2D eigenvalue weighted by Gasteiger charge is 2.02. The molecule has 0 bridgehead atoms. The first kappa shape index (κ1) is 11.9. The molecule has 0 fully saturated rings. The number of halogens is 2. The highest BCUT2D eigenvalue weighted by Crippen LogP contribution is 2.20. The minimum atomic E-state index is -0.364. The average Bonchev–Trinajstić information content (AvgIpc) is 2.37. The lowest BCUT2D eigenvalue weighted by Crippen LogP contribution is -1.98. The summed E-state index contributed by atoms with van der Waals surface area (Å²) in [7, 11) is 0. The second-order valence-electron chi connectivity index (χ2n) is 3.54. The van der Waals surface area contributed by atoms with E-state index in [-0.39, 0.29) is 12.4 Å². The highest BCUT2D eigenvalue weighted by molar-refractivity contribution is 6.17. The van der Waals surface area contributed by atoms with Gasteiger partial charge in [-0.1, -0.05) is 18.2 Å². The summed E-state index contributed by atoms with van der Waals surface area (Å²) >= 11 is 5.79. The van der Waals surface area contributed by atoms with Crippen molar-refractivity contribution >= 4 is 11.6 Å². The molecule has 17 heavy (non-hydrogen) atoms. The Balaban J connectivity index is 2.07. The van der Waals surface area contributed by atoms with Crippen LogP contribution in [0.4, 0.5) is 4.39 Å². The highest BCUT2D eigenvalue weighted by atomic mass is 35.5. The number of nitrogens with zero attached hydrogens (tertiary/aromatic N) is 1. The maximum atomic E-state index is 12.9. The van der Waals surface area contributed by atoms with Gasteiger partial charge >= 0.3 is 0 Å². The molecule has 0 atom stereocenters. The Morgan fingerprint density at radius 1 is 1.24 bits per heavy atom. The Morgan fingerprint density at radius 3 is 2.82 bits per heavy atom. The predicted molar refractivity (Wildman–Crippen MR) is 64.5 cm³/mol. The van der Waals surface area contributed by atoms with Gasteiger partial charge < -0.3 is 4.74 Å². The van der Waals surface area contributed by atoms with E-state index in [1.54, 1.807) is 6.20 Å². The zero-order chi connectivity index (χ0) is 12.1. The molecule has 1 heterocycles. The van der Waals surface area contributed by atoms with E-state index in [0.29, 0.717) is 17.2 Å². The number of rotatable bonds is 4. The molecule has 0 aliphatic rings. The van der Waals surface area contributed by atoms with E-state index in [2.05, 4.69) is 4.98 Å². The molecule has 0 aliphatic heterocycles. The lowest BCUT2D eigenvalue weighted by Gasteiger charge is -2.09. The number of para-hydroxylation sites is 1. The third-order valence-corrected chi connectivity index (χ3v) is 2.56. The number of hydrogen-bond acceptors (Lipinski definition) is 2. The first-order valence-electron chi connectivity index (χ1n) is 5.15. The van der Waals surface area contributed by atoms with Crippen molar-refractivity contribution in [1.82, 2.24) is 4.98 Å². The Kier molecular flexibility index (Phi) is 3.94. The first-order valence-corrected chi connectivity index (χ1v) is 5.69. The summed E-state index contributed by atoms with van der Waals surface area (Å²) < 4.78 is 18.5. The number of hydrogen-bond donors (Lipinski definition) is 0. The second-order valence-corrected chi connectivity index (χ2v) is 3.81. The second kappa shape index (κ2) is 5.64. The zero-order valence-electron chi connectivity index (χ0n) is 9.07. The van der Waals surface area contributed by atoms with Crippen LogP contribution in [-0.4, -0.2) is 4.98 Å². The molecular weight excluding hydrogens is 241 g/mol. The smallest absolute Gasteiger partial charge is 0.141 e. The van der Waals surface area contributed by atoms with E-state index >= 15 is 0 Å². The fourth-order valence-electron chi connectivity index (χ4n) is 1.45. The van der Waals surface area contributed by atoms with E-state index in [4.69, 9.17) is 16.3 Å². The van der Waals surface area contributed by atoms with Crippen LogP contribution >= 0.6 is 11.6 Å². The van der Waals surface area contributed by atoms with Gasteiger partial charge in [0.1, 0.15) is 18.2 Å². The van der Waals surface area contributed by atoms with Gasteiger partial charge in [0.15, 0.2) is 0 Å². The van der Waals surface area contributed by atoms with Gasteiger partial charge in [0.05, 0.1) is 12.1 Å². The summed E-state index contributed by atoms with van der Waals surface area (Å²) in [6.07, 6.45) is 2.74. The standard InChI is InChI=1S/C13H11ClFNO/c14-6-11-3-1-2-4-13(11)17-9-10-5-12(15)8-16-7-10/h1-5,7-8H,6,9H2. The molecule has 2 rings (SSSR count). The van der Waals surface area contributed by atoms with E-state index in [9.17, 15) is 4.39 Å². The van der Waals surface area contributed by atoms with Crippen LogP contribution < -0.4 is 4.74 Å². The van der Waals surface area contributed by atoms with Crippen LogP contribution in [0.1, 0.15) is 11.1 Å². The topological polar surface area (TPSA) is 22.1 Å². The third kappa shape index (κ3) is 3.17. The van der Waals surface area contributed by atoms with Crippen LogP contribution in [0.15, 0.2) is 42.7 Å². The Labute approximate surface area is 104 Å². The molecule has 4 heteroatoms. The van der Waals surface area contributed by atoms with Crippen molar-refractivity contribution in [2.75, 3.05) is 0 Å². The maximum absolute atomic E-state index is 12.9. The summed E-state index contributed by atoms with van der Waals surface area (Å²) in [5.74, 6) is 0.737. The van der Waals surface area contributed by atoms with Crippen molar-refractivity contribution < 1.29 is 9.13 Å². The molecule has 0 spiro atoms. The molecule has 88 valence electrons. The Morgan fingerprint density at radius 2 is 2.06 bits per heavy atom. The van der Waals surface area contributed by atoms with Crippen LogP contribution in [0.5, 0.6) is 5.75 Å². The summed E-state index contributed by atoms with van der Waals surface area (Å²) in [5.41, 5.74) is 1.60. The monoisotopic (exact) mass is 251 g/mol. The minimum Gasteiger partial charge on any atom is -0.489 e. The maximum Gasteiger partial charge on any atom is 0.141 e.